The van der Waals surface area contributed by atoms with Crippen molar-refractivity contribution in [2.45, 2.75) is 40.0 Å². The topological polar surface area (TPSA) is 49.9 Å². The SMILES string of the molecule is Cc1ccccc1C(=O)N1CCCN(C(=O)CCCOc2c(C)cccc2C)CC1. The minimum Gasteiger partial charge on any atom is -0.493 e. The lowest BCUT2D eigenvalue weighted by molar-refractivity contribution is -0.131. The van der Waals surface area contributed by atoms with E-state index in [-0.39, 0.29) is 11.8 Å². The zero-order chi connectivity index (χ0) is 21.5. The second kappa shape index (κ2) is 10.3. The number of para-hydroxylation sites is 1. The van der Waals surface area contributed by atoms with Crippen LogP contribution in [0.2, 0.25) is 0 Å². The summed E-state index contributed by atoms with van der Waals surface area (Å²) < 4.78 is 5.92. The fourth-order valence-electron chi connectivity index (χ4n) is 3.94. The fraction of sp³-hybridized carbons (Fsp3) is 0.440. The summed E-state index contributed by atoms with van der Waals surface area (Å²) in [6, 6.07) is 13.8. The van der Waals surface area contributed by atoms with Crippen LogP contribution in [0, 0.1) is 20.8 Å². The van der Waals surface area contributed by atoms with Crippen LogP contribution >= 0.6 is 0 Å². The number of hydrogen-bond donors (Lipinski definition) is 0. The summed E-state index contributed by atoms with van der Waals surface area (Å²) in [7, 11) is 0. The molecule has 1 fully saturated rings. The van der Waals surface area contributed by atoms with E-state index in [1.807, 2.05) is 73.0 Å². The van der Waals surface area contributed by atoms with Crippen molar-refractivity contribution in [3.05, 3.63) is 64.7 Å². The molecule has 1 aliphatic rings. The molecule has 0 aromatic heterocycles. The molecule has 160 valence electrons. The van der Waals surface area contributed by atoms with Gasteiger partial charge in [-0.1, -0.05) is 36.4 Å². The zero-order valence-corrected chi connectivity index (χ0v) is 18.3. The smallest absolute Gasteiger partial charge is 0.254 e. The highest BCUT2D eigenvalue weighted by Gasteiger charge is 2.23. The molecule has 0 saturated carbocycles. The highest BCUT2D eigenvalue weighted by Crippen LogP contribution is 2.22. The molecule has 0 aliphatic carbocycles. The van der Waals surface area contributed by atoms with E-state index in [2.05, 4.69) is 0 Å². The average molecular weight is 409 g/mol. The molecule has 2 aromatic carbocycles. The number of hydrogen-bond acceptors (Lipinski definition) is 3. The Labute approximate surface area is 179 Å². The van der Waals surface area contributed by atoms with Gasteiger partial charge in [-0.05, 0) is 56.4 Å². The summed E-state index contributed by atoms with van der Waals surface area (Å²) in [4.78, 5) is 29.3. The van der Waals surface area contributed by atoms with Gasteiger partial charge in [0, 0.05) is 38.2 Å². The number of nitrogens with zero attached hydrogens (tertiary/aromatic N) is 2. The molecule has 1 aliphatic heterocycles. The molecule has 1 heterocycles. The quantitative estimate of drug-likeness (QED) is 0.675. The van der Waals surface area contributed by atoms with Crippen LogP contribution in [0.1, 0.15) is 46.3 Å². The lowest BCUT2D eigenvalue weighted by atomic mass is 10.1. The molecule has 0 atom stereocenters. The molecule has 0 radical (unpaired) electrons. The molecular weight excluding hydrogens is 376 g/mol. The summed E-state index contributed by atoms with van der Waals surface area (Å²) in [5.74, 6) is 1.12. The van der Waals surface area contributed by atoms with E-state index in [0.717, 1.165) is 34.4 Å². The monoisotopic (exact) mass is 408 g/mol. The molecule has 5 nitrogen and oxygen atoms in total. The molecule has 1 saturated heterocycles. The summed E-state index contributed by atoms with van der Waals surface area (Å²) in [6.07, 6.45) is 1.97. The van der Waals surface area contributed by atoms with Crippen molar-refractivity contribution < 1.29 is 14.3 Å². The van der Waals surface area contributed by atoms with Gasteiger partial charge >= 0.3 is 0 Å². The van der Waals surface area contributed by atoms with Crippen LogP contribution in [0.15, 0.2) is 42.5 Å². The van der Waals surface area contributed by atoms with Gasteiger partial charge in [-0.25, -0.2) is 0 Å². The summed E-state index contributed by atoms with van der Waals surface area (Å²) >= 11 is 0. The molecule has 2 amide bonds. The Morgan fingerprint density at radius 2 is 1.47 bits per heavy atom. The lowest BCUT2D eigenvalue weighted by Crippen LogP contribution is -2.37. The molecule has 0 spiro atoms. The van der Waals surface area contributed by atoms with E-state index < -0.39 is 0 Å². The molecule has 2 aromatic rings. The van der Waals surface area contributed by atoms with Crippen molar-refractivity contribution in [2.24, 2.45) is 0 Å². The lowest BCUT2D eigenvalue weighted by Gasteiger charge is -2.23. The number of benzene rings is 2. The van der Waals surface area contributed by atoms with E-state index in [9.17, 15) is 9.59 Å². The van der Waals surface area contributed by atoms with E-state index in [1.54, 1.807) is 0 Å². The maximum Gasteiger partial charge on any atom is 0.254 e. The van der Waals surface area contributed by atoms with Gasteiger partial charge in [0.1, 0.15) is 5.75 Å². The van der Waals surface area contributed by atoms with Crippen LogP contribution < -0.4 is 4.74 Å². The van der Waals surface area contributed by atoms with Gasteiger partial charge in [0.25, 0.3) is 5.91 Å². The van der Waals surface area contributed by atoms with Gasteiger partial charge < -0.3 is 14.5 Å². The maximum absolute atomic E-state index is 12.9. The van der Waals surface area contributed by atoms with E-state index in [1.165, 1.54) is 0 Å². The second-order valence-corrected chi connectivity index (χ2v) is 8.01. The Balaban J connectivity index is 1.46. The van der Waals surface area contributed by atoms with E-state index in [4.69, 9.17) is 4.74 Å². The van der Waals surface area contributed by atoms with Gasteiger partial charge in [-0.3, -0.25) is 9.59 Å². The van der Waals surface area contributed by atoms with Crippen molar-refractivity contribution in [3.63, 3.8) is 0 Å². The Bertz CT molecular complexity index is 873. The van der Waals surface area contributed by atoms with Gasteiger partial charge in [0.2, 0.25) is 5.91 Å². The summed E-state index contributed by atoms with van der Waals surface area (Å²) in [5, 5.41) is 0. The van der Waals surface area contributed by atoms with E-state index in [0.29, 0.717) is 45.6 Å². The van der Waals surface area contributed by atoms with Gasteiger partial charge in [0.05, 0.1) is 6.61 Å². The van der Waals surface area contributed by atoms with Crippen LogP contribution in [0.3, 0.4) is 0 Å². The predicted molar refractivity (Wildman–Crippen MR) is 119 cm³/mol. The zero-order valence-electron chi connectivity index (χ0n) is 18.3. The Hall–Kier alpha value is -2.82. The van der Waals surface area contributed by atoms with Gasteiger partial charge in [-0.2, -0.15) is 0 Å². The third-order valence-electron chi connectivity index (χ3n) is 5.70. The first kappa shape index (κ1) is 21.9. The average Bonchev–Trinajstić information content (AvgIpc) is 2.99. The van der Waals surface area contributed by atoms with Crippen LogP contribution in [-0.2, 0) is 4.79 Å². The van der Waals surface area contributed by atoms with Crippen LogP contribution in [0.5, 0.6) is 5.75 Å². The van der Waals surface area contributed by atoms with Crippen molar-refractivity contribution in [2.75, 3.05) is 32.8 Å². The minimum absolute atomic E-state index is 0.0596. The van der Waals surface area contributed by atoms with Crippen molar-refractivity contribution in [1.82, 2.24) is 9.80 Å². The standard InChI is InChI=1S/C25H32N2O3/c1-19-9-4-5-12-22(19)25(29)27-15-8-14-26(16-17-27)23(28)13-7-18-30-24-20(2)10-6-11-21(24)3/h4-6,9-12H,7-8,13-18H2,1-3H3. The Morgan fingerprint density at radius 3 is 2.20 bits per heavy atom. The molecule has 0 unspecified atom stereocenters. The summed E-state index contributed by atoms with van der Waals surface area (Å²) in [5.41, 5.74) is 3.98. The third kappa shape index (κ3) is 5.41. The number of aryl methyl sites for hydroxylation is 3. The number of ether oxygens (including phenoxy) is 1. The molecular formula is C25H32N2O3. The van der Waals surface area contributed by atoms with Crippen molar-refractivity contribution in [1.29, 1.82) is 0 Å². The number of carbonyl (C=O) groups excluding carboxylic acids is 2. The van der Waals surface area contributed by atoms with Crippen LogP contribution in [0.4, 0.5) is 0 Å². The van der Waals surface area contributed by atoms with Crippen molar-refractivity contribution in [3.8, 4) is 5.75 Å². The Morgan fingerprint density at radius 1 is 0.833 bits per heavy atom. The van der Waals surface area contributed by atoms with Crippen molar-refractivity contribution >= 4 is 11.8 Å². The summed E-state index contributed by atoms with van der Waals surface area (Å²) in [6.45, 7) is 9.13. The molecule has 0 N–H and O–H groups in total. The minimum atomic E-state index is 0.0596. The molecule has 3 rings (SSSR count). The molecule has 5 heteroatoms. The number of amides is 2. The predicted octanol–water partition coefficient (Wildman–Crippen LogP) is 4.15. The van der Waals surface area contributed by atoms with Crippen LogP contribution in [-0.4, -0.2) is 54.4 Å². The maximum atomic E-state index is 12.9. The fourth-order valence-corrected chi connectivity index (χ4v) is 3.94. The number of carbonyl (C=O) groups is 2. The normalized spacial score (nSPS) is 14.4. The molecule has 0 bridgehead atoms. The second-order valence-electron chi connectivity index (χ2n) is 8.01. The van der Waals surface area contributed by atoms with Gasteiger partial charge in [-0.15, -0.1) is 0 Å². The van der Waals surface area contributed by atoms with Crippen LogP contribution in [0.25, 0.3) is 0 Å². The first-order chi connectivity index (χ1) is 14.5. The van der Waals surface area contributed by atoms with E-state index >= 15 is 0 Å². The Kier molecular flexibility index (Phi) is 7.50. The first-order valence-electron chi connectivity index (χ1n) is 10.8. The van der Waals surface area contributed by atoms with Gasteiger partial charge in [0.15, 0.2) is 0 Å². The first-order valence-corrected chi connectivity index (χ1v) is 10.8. The highest BCUT2D eigenvalue weighted by molar-refractivity contribution is 5.95. The highest BCUT2D eigenvalue weighted by atomic mass is 16.5. The molecule has 30 heavy (non-hydrogen) atoms. The third-order valence-corrected chi connectivity index (χ3v) is 5.70. The largest absolute Gasteiger partial charge is 0.493 e. The number of rotatable bonds is 6.